The van der Waals surface area contributed by atoms with Crippen molar-refractivity contribution in [3.63, 3.8) is 0 Å². The van der Waals surface area contributed by atoms with E-state index in [-0.39, 0.29) is 18.7 Å². The largest absolute Gasteiger partial charge is 0.464 e. The molecule has 0 aromatic heterocycles. The highest BCUT2D eigenvalue weighted by Crippen LogP contribution is 2.11. The Morgan fingerprint density at radius 3 is 2.71 bits per heavy atom. The topological polar surface area (TPSA) is 30.5 Å². The smallest absolute Gasteiger partial charge is 0.212 e. The predicted molar refractivity (Wildman–Crippen MR) is 56.9 cm³/mol. The van der Waals surface area contributed by atoms with Crippen LogP contribution >= 0.6 is 12.4 Å². The zero-order valence-electron chi connectivity index (χ0n) is 7.81. The Morgan fingerprint density at radius 2 is 2.07 bits per heavy atom. The number of hydrogen-bond acceptors (Lipinski definition) is 3. The SMILES string of the molecule is Cl.c1ccc(OC2CNCCO2)cc1. The van der Waals surface area contributed by atoms with E-state index in [2.05, 4.69) is 5.32 Å². The molecule has 1 saturated heterocycles. The number of rotatable bonds is 2. The van der Waals surface area contributed by atoms with Gasteiger partial charge in [-0.25, -0.2) is 0 Å². The highest BCUT2D eigenvalue weighted by Gasteiger charge is 2.13. The minimum Gasteiger partial charge on any atom is -0.464 e. The van der Waals surface area contributed by atoms with Crippen molar-refractivity contribution >= 4 is 12.4 Å². The Bertz CT molecular complexity index is 250. The van der Waals surface area contributed by atoms with Gasteiger partial charge >= 0.3 is 0 Å². The van der Waals surface area contributed by atoms with Crippen LogP contribution in [0, 0.1) is 0 Å². The average Bonchev–Trinajstić information content (AvgIpc) is 2.21. The van der Waals surface area contributed by atoms with Gasteiger partial charge in [0.2, 0.25) is 6.29 Å². The molecule has 3 nitrogen and oxygen atoms in total. The molecular formula is C10H14ClNO2. The number of ether oxygens (including phenoxy) is 2. The summed E-state index contributed by atoms with van der Waals surface area (Å²) in [6.07, 6.45) is -0.142. The first kappa shape index (κ1) is 11.3. The lowest BCUT2D eigenvalue weighted by Gasteiger charge is -2.24. The molecule has 1 heterocycles. The first-order chi connectivity index (χ1) is 6.45. The van der Waals surface area contributed by atoms with E-state index in [1.54, 1.807) is 0 Å². The van der Waals surface area contributed by atoms with Crippen molar-refractivity contribution in [3.8, 4) is 5.75 Å². The van der Waals surface area contributed by atoms with Crippen molar-refractivity contribution in [1.29, 1.82) is 0 Å². The summed E-state index contributed by atoms with van der Waals surface area (Å²) in [6, 6.07) is 9.72. The minimum absolute atomic E-state index is 0. The number of morpholine rings is 1. The monoisotopic (exact) mass is 215 g/mol. The second-order valence-electron chi connectivity index (χ2n) is 2.94. The Hall–Kier alpha value is -0.770. The second-order valence-corrected chi connectivity index (χ2v) is 2.94. The van der Waals surface area contributed by atoms with Gasteiger partial charge in [-0.2, -0.15) is 0 Å². The third kappa shape index (κ3) is 3.18. The number of para-hydroxylation sites is 1. The third-order valence-corrected chi connectivity index (χ3v) is 1.90. The number of halogens is 1. The van der Waals surface area contributed by atoms with E-state index in [1.165, 1.54) is 0 Å². The minimum atomic E-state index is -0.142. The second kappa shape index (κ2) is 5.86. The van der Waals surface area contributed by atoms with Crippen LogP contribution in [-0.4, -0.2) is 26.0 Å². The van der Waals surface area contributed by atoms with E-state index in [1.807, 2.05) is 30.3 Å². The highest BCUT2D eigenvalue weighted by molar-refractivity contribution is 5.85. The van der Waals surface area contributed by atoms with Gasteiger partial charge in [0.05, 0.1) is 13.2 Å². The molecule has 0 radical (unpaired) electrons. The summed E-state index contributed by atoms with van der Waals surface area (Å²) in [5.41, 5.74) is 0. The molecule has 78 valence electrons. The van der Waals surface area contributed by atoms with E-state index >= 15 is 0 Å². The van der Waals surface area contributed by atoms with Crippen LogP contribution in [0.3, 0.4) is 0 Å². The van der Waals surface area contributed by atoms with E-state index in [0.29, 0.717) is 0 Å². The summed E-state index contributed by atoms with van der Waals surface area (Å²) in [5.74, 6) is 0.858. The zero-order chi connectivity index (χ0) is 8.93. The van der Waals surface area contributed by atoms with Crippen molar-refractivity contribution in [3.05, 3.63) is 30.3 Å². The molecule has 0 bridgehead atoms. The molecular weight excluding hydrogens is 202 g/mol. The maximum atomic E-state index is 5.57. The van der Waals surface area contributed by atoms with Gasteiger partial charge in [0.25, 0.3) is 0 Å². The first-order valence-corrected chi connectivity index (χ1v) is 4.49. The summed E-state index contributed by atoms with van der Waals surface area (Å²) in [4.78, 5) is 0. The Kier molecular flexibility index (Phi) is 4.73. The fraction of sp³-hybridized carbons (Fsp3) is 0.400. The van der Waals surface area contributed by atoms with Crippen LogP contribution < -0.4 is 10.1 Å². The van der Waals surface area contributed by atoms with E-state index in [0.717, 1.165) is 25.4 Å². The summed E-state index contributed by atoms with van der Waals surface area (Å²) in [7, 11) is 0. The molecule has 1 aliphatic rings. The standard InChI is InChI=1S/C10H13NO2.ClH/c1-2-4-9(5-3-1)13-10-8-11-6-7-12-10;/h1-5,10-11H,6-8H2;1H. The van der Waals surface area contributed by atoms with Crippen molar-refractivity contribution in [2.45, 2.75) is 6.29 Å². The fourth-order valence-corrected chi connectivity index (χ4v) is 1.27. The van der Waals surface area contributed by atoms with Crippen LogP contribution in [0.2, 0.25) is 0 Å². The zero-order valence-corrected chi connectivity index (χ0v) is 8.63. The van der Waals surface area contributed by atoms with Gasteiger partial charge in [-0.3, -0.25) is 0 Å². The lowest BCUT2D eigenvalue weighted by atomic mass is 10.3. The molecule has 1 unspecified atom stereocenters. The summed E-state index contributed by atoms with van der Waals surface area (Å²) in [6.45, 7) is 2.39. The van der Waals surface area contributed by atoms with Crippen LogP contribution in [0.4, 0.5) is 0 Å². The van der Waals surface area contributed by atoms with E-state index in [4.69, 9.17) is 9.47 Å². The molecule has 0 spiro atoms. The van der Waals surface area contributed by atoms with Gasteiger partial charge in [-0.05, 0) is 12.1 Å². The molecule has 0 aliphatic carbocycles. The molecule has 1 N–H and O–H groups in total. The van der Waals surface area contributed by atoms with Crippen LogP contribution in [0.15, 0.2) is 30.3 Å². The quantitative estimate of drug-likeness (QED) is 0.810. The van der Waals surface area contributed by atoms with Crippen molar-refractivity contribution in [1.82, 2.24) is 5.32 Å². The van der Waals surface area contributed by atoms with Gasteiger partial charge < -0.3 is 14.8 Å². The van der Waals surface area contributed by atoms with Crippen LogP contribution in [0.5, 0.6) is 5.75 Å². The molecule has 1 atom stereocenters. The van der Waals surface area contributed by atoms with Gasteiger partial charge in [0.1, 0.15) is 5.75 Å². The molecule has 4 heteroatoms. The molecule has 0 amide bonds. The van der Waals surface area contributed by atoms with E-state index in [9.17, 15) is 0 Å². The fourth-order valence-electron chi connectivity index (χ4n) is 1.27. The summed E-state index contributed by atoms with van der Waals surface area (Å²) < 4.78 is 11.0. The molecule has 1 aromatic rings. The molecule has 1 aliphatic heterocycles. The Labute approximate surface area is 89.8 Å². The van der Waals surface area contributed by atoms with Crippen LogP contribution in [0.1, 0.15) is 0 Å². The van der Waals surface area contributed by atoms with Crippen molar-refractivity contribution in [2.75, 3.05) is 19.7 Å². The molecule has 14 heavy (non-hydrogen) atoms. The molecule has 2 rings (SSSR count). The number of benzene rings is 1. The van der Waals surface area contributed by atoms with Gasteiger partial charge in [0.15, 0.2) is 0 Å². The van der Waals surface area contributed by atoms with Gasteiger partial charge in [-0.1, -0.05) is 18.2 Å². The average molecular weight is 216 g/mol. The normalized spacial score (nSPS) is 21.0. The van der Waals surface area contributed by atoms with Gasteiger partial charge in [0, 0.05) is 6.54 Å². The van der Waals surface area contributed by atoms with Crippen LogP contribution in [-0.2, 0) is 4.74 Å². The predicted octanol–water partition coefficient (Wildman–Crippen LogP) is 1.43. The Balaban J connectivity index is 0.000000980. The maximum absolute atomic E-state index is 5.57. The highest BCUT2D eigenvalue weighted by atomic mass is 35.5. The number of hydrogen-bond donors (Lipinski definition) is 1. The first-order valence-electron chi connectivity index (χ1n) is 4.49. The summed E-state index contributed by atoms with van der Waals surface area (Å²) in [5, 5.41) is 3.21. The van der Waals surface area contributed by atoms with Gasteiger partial charge in [-0.15, -0.1) is 12.4 Å². The molecule has 1 fully saturated rings. The molecule has 0 saturated carbocycles. The maximum Gasteiger partial charge on any atom is 0.212 e. The lowest BCUT2D eigenvalue weighted by Crippen LogP contribution is -2.41. The summed E-state index contributed by atoms with van der Waals surface area (Å²) >= 11 is 0. The van der Waals surface area contributed by atoms with Crippen LogP contribution in [0.25, 0.3) is 0 Å². The molecule has 1 aromatic carbocycles. The number of nitrogens with one attached hydrogen (secondary N) is 1. The van der Waals surface area contributed by atoms with E-state index < -0.39 is 0 Å². The third-order valence-electron chi connectivity index (χ3n) is 1.90. The Morgan fingerprint density at radius 1 is 1.29 bits per heavy atom. The van der Waals surface area contributed by atoms with Crippen molar-refractivity contribution < 1.29 is 9.47 Å². The van der Waals surface area contributed by atoms with Crippen molar-refractivity contribution in [2.24, 2.45) is 0 Å². The lowest BCUT2D eigenvalue weighted by molar-refractivity contribution is -0.0946.